The van der Waals surface area contributed by atoms with Crippen LogP contribution in [0.2, 0.25) is 0 Å². The van der Waals surface area contributed by atoms with Crippen LogP contribution in [0.15, 0.2) is 12.2 Å². The minimum atomic E-state index is -1.33. The lowest BCUT2D eigenvalue weighted by molar-refractivity contribution is -0.153. The molecule has 1 rings (SSSR count). The second kappa shape index (κ2) is 6.87. The molecule has 0 saturated carbocycles. The maximum Gasteiger partial charge on any atom is 0.411 e. The third-order valence-electron chi connectivity index (χ3n) is 3.39. The van der Waals surface area contributed by atoms with E-state index in [-0.39, 0.29) is 25.3 Å². The van der Waals surface area contributed by atoms with Crippen molar-refractivity contribution in [1.82, 2.24) is 4.90 Å². The number of carbonyl (C=O) groups excluding carboxylic acids is 2. The quantitative estimate of drug-likeness (QED) is 0.484. The average molecular weight is 334 g/mol. The molecule has 1 saturated heterocycles. The number of esters is 1. The summed E-state index contributed by atoms with van der Waals surface area (Å²) in [5, 5.41) is 9.99. The molecule has 126 valence electrons. The molecule has 2 atom stereocenters. The minimum absolute atomic E-state index is 0.000418. The number of likely N-dealkylation sites (tertiary alicyclic amines) is 1. The van der Waals surface area contributed by atoms with Gasteiger partial charge in [0.1, 0.15) is 11.1 Å². The van der Waals surface area contributed by atoms with Gasteiger partial charge in [-0.1, -0.05) is 12.2 Å². The number of hydrogen-bond acceptors (Lipinski definition) is 5. The van der Waals surface area contributed by atoms with Crippen LogP contribution in [0.25, 0.3) is 0 Å². The van der Waals surface area contributed by atoms with E-state index in [0.29, 0.717) is 5.57 Å². The van der Waals surface area contributed by atoms with Crippen LogP contribution < -0.4 is 0 Å². The van der Waals surface area contributed by atoms with Gasteiger partial charge >= 0.3 is 12.1 Å². The van der Waals surface area contributed by atoms with Crippen LogP contribution in [0.4, 0.5) is 4.79 Å². The van der Waals surface area contributed by atoms with E-state index in [1.165, 1.54) is 12.0 Å². The van der Waals surface area contributed by atoms with Gasteiger partial charge in [0.2, 0.25) is 0 Å². The zero-order valence-electron chi connectivity index (χ0n) is 13.5. The largest absolute Gasteiger partial charge is 0.467 e. The van der Waals surface area contributed by atoms with E-state index in [0.717, 1.165) is 0 Å². The van der Waals surface area contributed by atoms with Gasteiger partial charge in [-0.2, -0.15) is 0 Å². The van der Waals surface area contributed by atoms with Crippen LogP contribution in [0, 0.1) is 0 Å². The van der Waals surface area contributed by atoms with Gasteiger partial charge in [0.05, 0.1) is 19.8 Å². The first-order chi connectivity index (χ1) is 10.1. The lowest BCUT2D eigenvalue weighted by Crippen LogP contribution is -2.55. The van der Waals surface area contributed by atoms with Crippen molar-refractivity contribution in [3.05, 3.63) is 12.2 Å². The maximum atomic E-state index is 12.4. The maximum absolute atomic E-state index is 12.4. The molecule has 1 amide bonds. The van der Waals surface area contributed by atoms with Crippen LogP contribution in [-0.4, -0.2) is 58.8 Å². The molecule has 0 bridgehead atoms. The first-order valence-electron chi connectivity index (χ1n) is 7.05. The number of rotatable bonds is 4. The summed E-state index contributed by atoms with van der Waals surface area (Å²) in [6, 6.07) is 0. The highest BCUT2D eigenvalue weighted by molar-refractivity contribution is 6.19. The van der Waals surface area contributed by atoms with E-state index in [1.54, 1.807) is 20.8 Å². The van der Waals surface area contributed by atoms with Crippen LogP contribution in [0.3, 0.4) is 0 Å². The Bertz CT molecular complexity index is 459. The van der Waals surface area contributed by atoms with Crippen molar-refractivity contribution in [3.8, 4) is 0 Å². The van der Waals surface area contributed by atoms with Crippen LogP contribution >= 0.6 is 11.6 Å². The minimum Gasteiger partial charge on any atom is -0.467 e. The SMILES string of the molecule is C=C(CCl)C[C@@]1(C(=O)OC)C[C@@H](O)CN1C(=O)OC(C)(C)C. The third kappa shape index (κ3) is 4.14. The molecule has 0 spiro atoms. The number of methoxy groups -OCH3 is 1. The fraction of sp³-hybridized carbons (Fsp3) is 0.733. The number of ether oxygens (including phenoxy) is 2. The zero-order valence-corrected chi connectivity index (χ0v) is 14.3. The molecule has 0 unspecified atom stereocenters. The van der Waals surface area contributed by atoms with Crippen LogP contribution in [0.1, 0.15) is 33.6 Å². The lowest BCUT2D eigenvalue weighted by Gasteiger charge is -2.36. The molecule has 1 heterocycles. The van der Waals surface area contributed by atoms with Crippen molar-refractivity contribution < 1.29 is 24.2 Å². The van der Waals surface area contributed by atoms with E-state index < -0.39 is 29.3 Å². The number of aliphatic hydroxyl groups is 1. The standard InChI is InChI=1S/C15H24ClNO5/c1-10(8-16)6-15(12(19)21-5)7-11(18)9-17(15)13(20)22-14(2,3)4/h11,18H,1,6-9H2,2-5H3/t11-,15+/m1/s1. The van der Waals surface area contributed by atoms with Gasteiger partial charge in [-0.15, -0.1) is 11.6 Å². The molecule has 0 aromatic rings. The summed E-state index contributed by atoms with van der Waals surface area (Å²) < 4.78 is 10.2. The highest BCUT2D eigenvalue weighted by Gasteiger charge is 2.55. The smallest absolute Gasteiger partial charge is 0.411 e. The zero-order chi connectivity index (χ0) is 17.1. The van der Waals surface area contributed by atoms with E-state index in [2.05, 4.69) is 6.58 Å². The molecule has 1 fully saturated rings. The Kier molecular flexibility index (Phi) is 5.87. The molecular formula is C15H24ClNO5. The Balaban J connectivity index is 3.17. The Morgan fingerprint density at radius 2 is 2.05 bits per heavy atom. The molecule has 22 heavy (non-hydrogen) atoms. The van der Waals surface area contributed by atoms with E-state index in [1.807, 2.05) is 0 Å². The Morgan fingerprint density at radius 3 is 2.50 bits per heavy atom. The predicted molar refractivity (Wildman–Crippen MR) is 82.8 cm³/mol. The molecular weight excluding hydrogens is 310 g/mol. The number of carbonyl (C=O) groups is 2. The molecule has 0 aliphatic carbocycles. The molecule has 1 aliphatic rings. The molecule has 7 heteroatoms. The highest BCUT2D eigenvalue weighted by atomic mass is 35.5. The van der Waals surface area contributed by atoms with Crippen LogP contribution in [0.5, 0.6) is 0 Å². The van der Waals surface area contributed by atoms with E-state index >= 15 is 0 Å². The number of β-amino-alcohol motifs (C(OH)–C–C–N with tert-alkyl or cyclic N) is 1. The van der Waals surface area contributed by atoms with Gasteiger partial charge in [0.15, 0.2) is 0 Å². The highest BCUT2D eigenvalue weighted by Crippen LogP contribution is 2.37. The van der Waals surface area contributed by atoms with Crippen LogP contribution in [-0.2, 0) is 14.3 Å². The normalized spacial score (nSPS) is 25.0. The molecule has 0 aromatic heterocycles. The van der Waals surface area contributed by atoms with Crippen molar-refractivity contribution in [2.75, 3.05) is 19.5 Å². The summed E-state index contributed by atoms with van der Waals surface area (Å²) >= 11 is 5.76. The van der Waals surface area contributed by atoms with Crippen molar-refractivity contribution in [3.63, 3.8) is 0 Å². The Labute approximate surface area is 136 Å². The monoisotopic (exact) mass is 333 g/mol. The molecule has 6 nitrogen and oxygen atoms in total. The summed E-state index contributed by atoms with van der Waals surface area (Å²) in [7, 11) is 1.24. The fourth-order valence-corrected chi connectivity index (χ4v) is 2.69. The van der Waals surface area contributed by atoms with Crippen molar-refractivity contribution >= 4 is 23.7 Å². The van der Waals surface area contributed by atoms with Crippen molar-refractivity contribution in [2.24, 2.45) is 0 Å². The summed E-state index contributed by atoms with van der Waals surface area (Å²) in [5.41, 5.74) is -1.46. The summed E-state index contributed by atoms with van der Waals surface area (Å²) in [5.74, 6) is -0.460. The summed E-state index contributed by atoms with van der Waals surface area (Å²) in [4.78, 5) is 26.0. The predicted octanol–water partition coefficient (Wildman–Crippen LogP) is 2.08. The van der Waals surface area contributed by atoms with Gasteiger partial charge in [-0.25, -0.2) is 9.59 Å². The van der Waals surface area contributed by atoms with Gasteiger partial charge in [-0.3, -0.25) is 4.90 Å². The van der Waals surface area contributed by atoms with E-state index in [4.69, 9.17) is 21.1 Å². The first kappa shape index (κ1) is 18.8. The molecule has 1 N–H and O–H groups in total. The van der Waals surface area contributed by atoms with Gasteiger partial charge in [0, 0.05) is 18.7 Å². The summed E-state index contributed by atoms with van der Waals surface area (Å²) in [6.07, 6.45) is -1.32. The fourth-order valence-electron chi connectivity index (χ4n) is 2.60. The number of amides is 1. The topological polar surface area (TPSA) is 76.1 Å². The number of aliphatic hydroxyl groups excluding tert-OH is 1. The number of nitrogens with zero attached hydrogens (tertiary/aromatic N) is 1. The number of halogens is 1. The Hall–Kier alpha value is -1.27. The van der Waals surface area contributed by atoms with Gasteiger partial charge in [0.25, 0.3) is 0 Å². The average Bonchev–Trinajstić information content (AvgIpc) is 2.73. The second-order valence-corrected chi connectivity index (χ2v) is 6.80. The summed E-state index contributed by atoms with van der Waals surface area (Å²) in [6.45, 7) is 8.98. The molecule has 1 aliphatic heterocycles. The van der Waals surface area contributed by atoms with Gasteiger partial charge in [-0.05, 0) is 20.8 Å². The van der Waals surface area contributed by atoms with Crippen molar-refractivity contribution in [1.29, 1.82) is 0 Å². The first-order valence-corrected chi connectivity index (χ1v) is 7.59. The number of alkyl halides is 1. The Morgan fingerprint density at radius 1 is 1.45 bits per heavy atom. The van der Waals surface area contributed by atoms with E-state index in [9.17, 15) is 14.7 Å². The van der Waals surface area contributed by atoms with Gasteiger partial charge < -0.3 is 14.6 Å². The lowest BCUT2D eigenvalue weighted by atomic mass is 9.88. The van der Waals surface area contributed by atoms with Crippen molar-refractivity contribution in [2.45, 2.75) is 50.9 Å². The molecule has 0 aromatic carbocycles. The molecule has 0 radical (unpaired) electrons. The second-order valence-electron chi connectivity index (χ2n) is 6.53. The number of hydrogen-bond donors (Lipinski definition) is 1. The third-order valence-corrected chi connectivity index (χ3v) is 3.77.